The number of ether oxygens (including phenoxy) is 1. The van der Waals surface area contributed by atoms with E-state index in [1.165, 1.54) is 25.9 Å². The van der Waals surface area contributed by atoms with Gasteiger partial charge in [-0.05, 0) is 63.0 Å². The van der Waals surface area contributed by atoms with Gasteiger partial charge in [-0.3, -0.25) is 9.69 Å². The Morgan fingerprint density at radius 2 is 1.90 bits per heavy atom. The first kappa shape index (κ1) is 20.3. The van der Waals surface area contributed by atoms with E-state index in [1.54, 1.807) is 23.1 Å². The molecule has 0 aliphatic carbocycles. The minimum atomic E-state index is 0.0426. The largest absolute Gasteiger partial charge is 0.378 e. The highest BCUT2D eigenvalue weighted by Gasteiger charge is 2.40. The van der Waals surface area contributed by atoms with Gasteiger partial charge in [-0.25, -0.2) is 4.98 Å². The number of aromatic nitrogens is 1. The number of fused-ring (bicyclic) bond motifs is 3. The normalized spacial score (nSPS) is 28.5. The van der Waals surface area contributed by atoms with Crippen LogP contribution < -0.4 is 10.2 Å². The van der Waals surface area contributed by atoms with Crippen molar-refractivity contribution < 1.29 is 9.53 Å². The SMILES string of the molecule is C[C@@H]1[C@H](NC(=O)c2ccc(Sc3nc(N4CCOCC4)cs3)cc2)C2CCN1CC2. The third kappa shape index (κ3) is 4.23. The fourth-order valence-corrected chi connectivity index (χ4v) is 6.58. The van der Waals surface area contributed by atoms with E-state index < -0.39 is 0 Å². The summed E-state index contributed by atoms with van der Waals surface area (Å²) in [7, 11) is 0. The number of nitrogens with one attached hydrogen (secondary N) is 1. The van der Waals surface area contributed by atoms with E-state index in [-0.39, 0.29) is 11.9 Å². The highest BCUT2D eigenvalue weighted by Crippen LogP contribution is 2.34. The molecule has 6 nitrogen and oxygen atoms in total. The lowest BCUT2D eigenvalue weighted by Crippen LogP contribution is -2.62. The Labute approximate surface area is 186 Å². The van der Waals surface area contributed by atoms with Gasteiger partial charge in [0.1, 0.15) is 5.82 Å². The molecule has 8 heteroatoms. The maximum atomic E-state index is 12.8. The molecule has 1 aromatic heterocycles. The van der Waals surface area contributed by atoms with Gasteiger partial charge in [-0.2, -0.15) is 0 Å². The van der Waals surface area contributed by atoms with Crippen molar-refractivity contribution in [2.45, 2.75) is 41.1 Å². The molecule has 4 saturated heterocycles. The second kappa shape index (κ2) is 8.86. The molecule has 1 N–H and O–H groups in total. The maximum absolute atomic E-state index is 12.8. The Bertz CT molecular complexity index is 872. The van der Waals surface area contributed by atoms with Crippen LogP contribution in [0, 0.1) is 5.92 Å². The first-order valence-corrected chi connectivity index (χ1v) is 12.5. The summed E-state index contributed by atoms with van der Waals surface area (Å²) in [5.41, 5.74) is 0.733. The summed E-state index contributed by atoms with van der Waals surface area (Å²) in [4.78, 5) is 23.5. The molecule has 1 amide bonds. The van der Waals surface area contributed by atoms with Gasteiger partial charge in [0.15, 0.2) is 4.34 Å². The van der Waals surface area contributed by atoms with E-state index in [9.17, 15) is 4.79 Å². The number of amides is 1. The van der Waals surface area contributed by atoms with E-state index in [2.05, 4.69) is 27.4 Å². The predicted molar refractivity (Wildman–Crippen MR) is 121 cm³/mol. The molecule has 5 heterocycles. The predicted octanol–water partition coefficient (Wildman–Crippen LogP) is 3.34. The van der Waals surface area contributed by atoms with Crippen LogP contribution in [0.3, 0.4) is 0 Å². The third-order valence-electron chi connectivity index (χ3n) is 6.60. The van der Waals surface area contributed by atoms with Gasteiger partial charge in [-0.1, -0.05) is 11.8 Å². The molecule has 2 aromatic rings. The molecule has 6 rings (SSSR count). The Balaban J connectivity index is 1.19. The summed E-state index contributed by atoms with van der Waals surface area (Å²) in [6, 6.07) is 8.61. The van der Waals surface area contributed by atoms with E-state index in [0.717, 1.165) is 46.9 Å². The Morgan fingerprint density at radius 3 is 2.60 bits per heavy atom. The van der Waals surface area contributed by atoms with Crippen molar-refractivity contribution in [1.29, 1.82) is 0 Å². The molecule has 4 aliphatic heterocycles. The lowest BCUT2D eigenvalue weighted by atomic mass is 9.79. The number of carbonyl (C=O) groups is 1. The van der Waals surface area contributed by atoms with E-state index >= 15 is 0 Å². The van der Waals surface area contributed by atoms with Crippen LogP contribution in [0.4, 0.5) is 5.82 Å². The Kier molecular flexibility index (Phi) is 6.00. The number of anilines is 1. The molecule has 1 aromatic carbocycles. The number of nitrogens with zero attached hydrogens (tertiary/aromatic N) is 3. The first-order chi connectivity index (χ1) is 14.7. The second-order valence-corrected chi connectivity index (χ2v) is 10.5. The monoisotopic (exact) mass is 444 g/mol. The Hall–Kier alpha value is -1.61. The highest BCUT2D eigenvalue weighted by molar-refractivity contribution is 8.01. The van der Waals surface area contributed by atoms with Crippen molar-refractivity contribution in [3.8, 4) is 0 Å². The highest BCUT2D eigenvalue weighted by atomic mass is 32.2. The van der Waals surface area contributed by atoms with Crippen LogP contribution >= 0.6 is 23.1 Å². The van der Waals surface area contributed by atoms with Gasteiger partial charge in [-0.15, -0.1) is 11.3 Å². The first-order valence-electron chi connectivity index (χ1n) is 10.8. The lowest BCUT2D eigenvalue weighted by Gasteiger charge is -2.49. The van der Waals surface area contributed by atoms with Gasteiger partial charge < -0.3 is 15.0 Å². The van der Waals surface area contributed by atoms with Crippen LogP contribution in [-0.2, 0) is 4.74 Å². The number of morpholine rings is 1. The van der Waals surface area contributed by atoms with Crippen LogP contribution in [0.5, 0.6) is 0 Å². The third-order valence-corrected chi connectivity index (χ3v) is 8.54. The average molecular weight is 445 g/mol. The summed E-state index contributed by atoms with van der Waals surface area (Å²) in [6.07, 6.45) is 2.40. The van der Waals surface area contributed by atoms with Crippen LogP contribution in [0.15, 0.2) is 38.9 Å². The molecular weight excluding hydrogens is 416 g/mol. The smallest absolute Gasteiger partial charge is 0.251 e. The van der Waals surface area contributed by atoms with Gasteiger partial charge in [0.05, 0.1) is 13.2 Å². The van der Waals surface area contributed by atoms with Crippen molar-refractivity contribution >= 4 is 34.8 Å². The molecule has 160 valence electrons. The van der Waals surface area contributed by atoms with Gasteiger partial charge in [0.2, 0.25) is 0 Å². The van der Waals surface area contributed by atoms with Crippen molar-refractivity contribution in [1.82, 2.24) is 15.2 Å². The average Bonchev–Trinajstić information content (AvgIpc) is 3.26. The quantitative estimate of drug-likeness (QED) is 0.763. The molecule has 0 radical (unpaired) electrons. The van der Waals surface area contributed by atoms with Gasteiger partial charge in [0, 0.05) is 41.0 Å². The molecule has 0 saturated carbocycles. The zero-order valence-electron chi connectivity index (χ0n) is 17.3. The maximum Gasteiger partial charge on any atom is 0.251 e. The van der Waals surface area contributed by atoms with Crippen LogP contribution in [0.25, 0.3) is 0 Å². The van der Waals surface area contributed by atoms with Crippen LogP contribution in [0.1, 0.15) is 30.1 Å². The molecular formula is C22H28N4O2S2. The van der Waals surface area contributed by atoms with E-state index in [1.807, 2.05) is 24.3 Å². The summed E-state index contributed by atoms with van der Waals surface area (Å²) in [6.45, 7) is 7.92. The van der Waals surface area contributed by atoms with Crippen LogP contribution in [0.2, 0.25) is 0 Å². The molecule has 30 heavy (non-hydrogen) atoms. The van der Waals surface area contributed by atoms with Crippen LogP contribution in [-0.4, -0.2) is 67.3 Å². The molecule has 0 unspecified atom stereocenters. The number of benzene rings is 1. The summed E-state index contributed by atoms with van der Waals surface area (Å²) >= 11 is 3.31. The fraction of sp³-hybridized carbons (Fsp3) is 0.545. The number of rotatable bonds is 5. The number of thiazole rings is 1. The number of piperidine rings is 3. The van der Waals surface area contributed by atoms with Crippen molar-refractivity contribution in [3.63, 3.8) is 0 Å². The molecule has 4 aliphatic rings. The summed E-state index contributed by atoms with van der Waals surface area (Å²) in [5.74, 6) is 1.70. The molecule has 2 atom stereocenters. The lowest BCUT2D eigenvalue weighted by molar-refractivity contribution is 0.0217. The van der Waals surface area contributed by atoms with Crippen molar-refractivity contribution in [2.24, 2.45) is 5.92 Å². The zero-order chi connectivity index (χ0) is 20.5. The number of hydrogen-bond donors (Lipinski definition) is 1. The van der Waals surface area contributed by atoms with Crippen molar-refractivity contribution in [2.75, 3.05) is 44.3 Å². The van der Waals surface area contributed by atoms with Gasteiger partial charge in [0.25, 0.3) is 5.91 Å². The van der Waals surface area contributed by atoms with E-state index in [4.69, 9.17) is 9.72 Å². The number of carbonyl (C=O) groups excluding carboxylic acids is 1. The standard InChI is InChI=1S/C22H28N4O2S2/c1-15-20(16-6-8-25(15)9-7-16)24-21(27)17-2-4-18(5-3-17)30-22-23-19(14-29-22)26-10-12-28-13-11-26/h2-5,14-16,20H,6-13H2,1H3,(H,24,27)/t15-,20+/m1/s1. The molecule has 0 spiro atoms. The molecule has 2 bridgehead atoms. The Morgan fingerprint density at radius 1 is 1.17 bits per heavy atom. The second-order valence-electron chi connectivity index (χ2n) is 8.31. The molecule has 4 fully saturated rings. The van der Waals surface area contributed by atoms with Crippen molar-refractivity contribution in [3.05, 3.63) is 35.2 Å². The summed E-state index contributed by atoms with van der Waals surface area (Å²) < 4.78 is 6.44. The fourth-order valence-electron chi connectivity index (χ4n) is 4.79. The topological polar surface area (TPSA) is 57.7 Å². The number of hydrogen-bond acceptors (Lipinski definition) is 7. The summed E-state index contributed by atoms with van der Waals surface area (Å²) in [5, 5.41) is 5.43. The minimum Gasteiger partial charge on any atom is -0.378 e. The van der Waals surface area contributed by atoms with Gasteiger partial charge >= 0.3 is 0 Å². The zero-order valence-corrected chi connectivity index (χ0v) is 18.9. The van der Waals surface area contributed by atoms with E-state index in [0.29, 0.717) is 12.0 Å². The minimum absolute atomic E-state index is 0.0426.